The molecule has 9 heteroatoms. The molecule has 6 atom stereocenters. The van der Waals surface area contributed by atoms with Gasteiger partial charge in [0.25, 0.3) is 0 Å². The fourth-order valence-electron chi connectivity index (χ4n) is 9.80. The fourth-order valence-corrected chi connectivity index (χ4v) is 11.9. The number of hydrogen-bond donors (Lipinski definition) is 2. The van der Waals surface area contributed by atoms with Crippen molar-refractivity contribution in [3.63, 3.8) is 0 Å². The topological polar surface area (TPSA) is 97.8 Å². The Balaban J connectivity index is 1.29. The Morgan fingerprint density at radius 1 is 1.16 bits per heavy atom. The van der Waals surface area contributed by atoms with Gasteiger partial charge in [0.15, 0.2) is 0 Å². The van der Waals surface area contributed by atoms with Gasteiger partial charge in [0.05, 0.1) is 16.9 Å². The van der Waals surface area contributed by atoms with Crippen LogP contribution >= 0.6 is 21.6 Å². The average molecular weight is 647 g/mol. The normalized spacial score (nSPS) is 36.4. The molecule has 4 heterocycles. The van der Waals surface area contributed by atoms with Crippen molar-refractivity contribution in [2.45, 2.75) is 89.9 Å². The maximum Gasteiger partial charge on any atom is 0.340 e. The molecule has 7 nitrogen and oxygen atoms in total. The minimum absolute atomic E-state index is 0.0496. The summed E-state index contributed by atoms with van der Waals surface area (Å²) < 4.78 is 12.5. The van der Waals surface area contributed by atoms with Crippen molar-refractivity contribution >= 4 is 39.3 Å². The predicted octanol–water partition coefficient (Wildman–Crippen LogP) is 7.61. The molecule has 0 radical (unpaired) electrons. The largest absolute Gasteiger partial charge is 0.427 e. The zero-order chi connectivity index (χ0) is 30.9. The standard InChI is InChI=1S/C36H42N2O5S2/c1-3-35(12-4-5-13-35)18-26-24-8-7-23-22-10-14-36(30(23)29(24)32(39)42-26)27-9-6-20(2)34(41)45-44-19-38-28-17-21(11-15-37-28)16-25(22)31(36)33(40)43-27/h9,11,15,17-18,20,22-23,30,34,41H,3-8,10,12-14,16,19H2,1-2H3,(H,37,38). The van der Waals surface area contributed by atoms with E-state index in [9.17, 15) is 14.7 Å². The van der Waals surface area contributed by atoms with Crippen LogP contribution in [0.1, 0.15) is 83.6 Å². The molecule has 1 saturated heterocycles. The second-order valence-corrected chi connectivity index (χ2v) is 16.7. The van der Waals surface area contributed by atoms with E-state index in [-0.39, 0.29) is 41.0 Å². The van der Waals surface area contributed by atoms with E-state index in [1.807, 2.05) is 19.2 Å². The molecule has 45 heavy (non-hydrogen) atoms. The van der Waals surface area contributed by atoms with Gasteiger partial charge in [-0.3, -0.25) is 0 Å². The van der Waals surface area contributed by atoms with Gasteiger partial charge in [0, 0.05) is 23.3 Å². The van der Waals surface area contributed by atoms with Crippen LogP contribution in [-0.4, -0.2) is 33.3 Å². The number of anilines is 1. The molecule has 2 N–H and O–H groups in total. The molecule has 3 fully saturated rings. The number of aromatic nitrogens is 1. The van der Waals surface area contributed by atoms with Crippen molar-refractivity contribution < 1.29 is 24.2 Å². The van der Waals surface area contributed by atoms with Gasteiger partial charge in [-0.15, -0.1) is 0 Å². The number of ether oxygens (including phenoxy) is 2. The van der Waals surface area contributed by atoms with Crippen LogP contribution in [0.5, 0.6) is 0 Å². The van der Waals surface area contributed by atoms with Crippen molar-refractivity contribution in [1.29, 1.82) is 0 Å². The summed E-state index contributed by atoms with van der Waals surface area (Å²) in [6.45, 7) is 4.29. The maximum atomic E-state index is 14.0. The number of carbonyl (C=O) groups excluding carboxylic acids is 2. The van der Waals surface area contributed by atoms with Crippen LogP contribution < -0.4 is 5.32 Å². The summed E-state index contributed by atoms with van der Waals surface area (Å²) in [7, 11) is 3.01. The highest BCUT2D eigenvalue weighted by molar-refractivity contribution is 8.76. The van der Waals surface area contributed by atoms with Crippen molar-refractivity contribution in [3.8, 4) is 0 Å². The second kappa shape index (κ2) is 11.3. The number of esters is 2. The number of cyclic esters (lactones) is 1. The maximum absolute atomic E-state index is 14.0. The molecule has 238 valence electrons. The molecular weight excluding hydrogens is 605 g/mol. The first kappa shape index (κ1) is 29.9. The molecule has 8 aliphatic rings. The number of aliphatic hydroxyl groups excluding tert-OH is 1. The molecule has 7 bridgehead atoms. The van der Waals surface area contributed by atoms with Gasteiger partial charge >= 0.3 is 11.9 Å². The van der Waals surface area contributed by atoms with E-state index in [4.69, 9.17) is 9.47 Å². The lowest BCUT2D eigenvalue weighted by Gasteiger charge is -2.56. The summed E-state index contributed by atoms with van der Waals surface area (Å²) >= 11 is 0. The van der Waals surface area contributed by atoms with Crippen molar-refractivity contribution in [2.24, 2.45) is 34.5 Å². The van der Waals surface area contributed by atoms with Gasteiger partial charge in [-0.1, -0.05) is 53.9 Å². The molecule has 3 aliphatic heterocycles. The smallest absolute Gasteiger partial charge is 0.340 e. The Morgan fingerprint density at radius 3 is 2.82 bits per heavy atom. The van der Waals surface area contributed by atoms with E-state index in [0.717, 1.165) is 78.8 Å². The monoisotopic (exact) mass is 646 g/mol. The quantitative estimate of drug-likeness (QED) is 0.248. The first-order valence-corrected chi connectivity index (χ1v) is 19.2. The summed E-state index contributed by atoms with van der Waals surface area (Å²) in [6.07, 6.45) is 16.8. The van der Waals surface area contributed by atoms with Crippen LogP contribution in [0.25, 0.3) is 0 Å². The Labute approximate surface area is 273 Å². The third kappa shape index (κ3) is 4.69. The van der Waals surface area contributed by atoms with Crippen molar-refractivity contribution in [3.05, 3.63) is 69.9 Å². The third-order valence-electron chi connectivity index (χ3n) is 12.1. The Kier molecular flexibility index (Phi) is 7.53. The Hall–Kier alpha value is -2.49. The molecule has 6 unspecified atom stereocenters. The van der Waals surface area contributed by atoms with Gasteiger partial charge in [0.2, 0.25) is 0 Å². The van der Waals surface area contributed by atoms with Crippen molar-refractivity contribution in [2.75, 3.05) is 11.2 Å². The van der Waals surface area contributed by atoms with E-state index >= 15 is 0 Å². The number of nitrogens with one attached hydrogen (secondary N) is 1. The van der Waals surface area contributed by atoms with Gasteiger partial charge < -0.3 is 19.9 Å². The van der Waals surface area contributed by atoms with Gasteiger partial charge in [-0.25, -0.2) is 14.6 Å². The van der Waals surface area contributed by atoms with Crippen LogP contribution in [-0.2, 0) is 25.5 Å². The summed E-state index contributed by atoms with van der Waals surface area (Å²) in [6, 6.07) is 4.12. The van der Waals surface area contributed by atoms with E-state index in [1.165, 1.54) is 29.2 Å². The molecule has 0 amide bonds. The van der Waals surface area contributed by atoms with E-state index in [1.54, 1.807) is 10.8 Å². The second-order valence-electron chi connectivity index (χ2n) is 14.2. The van der Waals surface area contributed by atoms with Gasteiger partial charge in [-0.05, 0) is 111 Å². The highest BCUT2D eigenvalue weighted by Crippen LogP contribution is 2.70. The third-order valence-corrected chi connectivity index (χ3v) is 14.5. The van der Waals surface area contributed by atoms with Crippen molar-refractivity contribution in [1.82, 2.24) is 4.98 Å². The summed E-state index contributed by atoms with van der Waals surface area (Å²) in [5, 5.41) is 14.3. The van der Waals surface area contributed by atoms with Crippen LogP contribution in [0, 0.1) is 34.5 Å². The summed E-state index contributed by atoms with van der Waals surface area (Å²) in [5.74, 6) is 2.66. The number of pyridine rings is 1. The number of fused-ring (bicyclic) bond motifs is 3. The van der Waals surface area contributed by atoms with Gasteiger partial charge in [-0.2, -0.15) is 0 Å². The highest BCUT2D eigenvalue weighted by Gasteiger charge is 2.68. The SMILES string of the molecule is CCC1(C=C2OC(=O)C3=C2CCC2C4CCC5(C6=CCC(C)C(O)SSCNc7cc(ccn7)CC4=C5C(=O)O6)C32)CCCC1. The zero-order valence-electron chi connectivity index (χ0n) is 26.1. The summed E-state index contributed by atoms with van der Waals surface area (Å²) in [4.78, 5) is 32.6. The lowest BCUT2D eigenvalue weighted by molar-refractivity contribution is -0.135. The molecule has 0 aromatic carbocycles. The minimum Gasteiger partial charge on any atom is -0.427 e. The van der Waals surface area contributed by atoms with E-state index < -0.39 is 10.9 Å². The molecule has 1 aromatic heterocycles. The Morgan fingerprint density at radius 2 is 2.00 bits per heavy atom. The molecule has 5 aliphatic carbocycles. The summed E-state index contributed by atoms with van der Waals surface area (Å²) in [5.41, 5.74) is 3.78. The minimum atomic E-state index is -0.686. The first-order chi connectivity index (χ1) is 21.8. The van der Waals surface area contributed by atoms with Gasteiger partial charge in [0.1, 0.15) is 22.8 Å². The molecule has 2 saturated carbocycles. The lowest BCUT2D eigenvalue weighted by Crippen LogP contribution is -2.52. The molecule has 9 rings (SSSR count). The lowest BCUT2D eigenvalue weighted by atomic mass is 9.44. The average Bonchev–Trinajstić information content (AvgIpc) is 3.73. The number of carbonyl (C=O) groups is 2. The molecule has 1 aromatic rings. The zero-order valence-corrected chi connectivity index (χ0v) is 27.7. The van der Waals surface area contributed by atoms with Crippen LogP contribution in [0.4, 0.5) is 5.82 Å². The van der Waals surface area contributed by atoms with E-state index in [0.29, 0.717) is 24.5 Å². The number of rotatable bonds is 2. The highest BCUT2D eigenvalue weighted by atomic mass is 33.1. The molecule has 1 spiro atoms. The predicted molar refractivity (Wildman–Crippen MR) is 176 cm³/mol. The number of nitrogens with zero attached hydrogens (tertiary/aromatic N) is 1. The van der Waals surface area contributed by atoms with Crippen LogP contribution in [0.15, 0.2) is 64.3 Å². The fraction of sp³-hybridized carbons (Fsp3) is 0.583. The Bertz CT molecular complexity index is 1570. The van der Waals surface area contributed by atoms with Crippen LogP contribution in [0.2, 0.25) is 0 Å². The number of aliphatic hydroxyl groups is 1. The van der Waals surface area contributed by atoms with Crippen LogP contribution in [0.3, 0.4) is 0 Å². The van der Waals surface area contributed by atoms with E-state index in [2.05, 4.69) is 35.4 Å². The number of allylic oxidation sites excluding steroid dienone is 5. The first-order valence-electron chi connectivity index (χ1n) is 16.8. The molecular formula is C36H42N2O5S2. The number of hydrogen-bond acceptors (Lipinski definition) is 9.